The molecule has 0 saturated heterocycles. The minimum absolute atomic E-state index is 0.0202. The van der Waals surface area contributed by atoms with Crippen molar-refractivity contribution >= 4 is 22.9 Å². The molecule has 110 valence electrons. The number of amides is 1. The Hall–Kier alpha value is -3.29. The molecule has 8 nitrogen and oxygen atoms in total. The molecule has 8 heteroatoms. The highest BCUT2D eigenvalue weighted by atomic mass is 16.6. The van der Waals surface area contributed by atoms with Crippen molar-refractivity contribution in [1.29, 1.82) is 0 Å². The van der Waals surface area contributed by atoms with Gasteiger partial charge in [-0.05, 0) is 24.6 Å². The van der Waals surface area contributed by atoms with Gasteiger partial charge in [0.1, 0.15) is 5.56 Å². The van der Waals surface area contributed by atoms with E-state index in [1.165, 1.54) is 28.9 Å². The quantitative estimate of drug-likeness (QED) is 0.589. The van der Waals surface area contributed by atoms with Gasteiger partial charge >= 0.3 is 0 Å². The molecule has 0 fully saturated rings. The van der Waals surface area contributed by atoms with Crippen LogP contribution in [0.3, 0.4) is 0 Å². The Morgan fingerprint density at radius 1 is 1.41 bits per heavy atom. The van der Waals surface area contributed by atoms with Crippen molar-refractivity contribution in [2.45, 2.75) is 6.92 Å². The topological polar surface area (TPSA) is 102 Å². The molecule has 1 amide bonds. The number of benzene rings is 1. The number of fused-ring (bicyclic) bond motifs is 1. The highest BCUT2D eigenvalue weighted by Gasteiger charge is 2.15. The maximum Gasteiger partial charge on any atom is 0.269 e. The molecule has 0 bridgehead atoms. The Balaban J connectivity index is 1.90. The zero-order chi connectivity index (χ0) is 15.7. The van der Waals surface area contributed by atoms with Gasteiger partial charge in [-0.1, -0.05) is 0 Å². The van der Waals surface area contributed by atoms with Crippen molar-refractivity contribution in [2.24, 2.45) is 0 Å². The summed E-state index contributed by atoms with van der Waals surface area (Å²) in [4.78, 5) is 26.7. The number of nitrogens with zero attached hydrogens (tertiary/aromatic N) is 4. The number of aryl methyl sites for hydroxylation is 1. The standard InChI is InChI=1S/C14H11N5O3/c1-9-7-10(19(21)22)3-4-12(9)17-14(20)11-8-16-18-6-2-5-15-13(11)18/h2-8H,1H3,(H,17,20). The second-order valence-electron chi connectivity index (χ2n) is 4.66. The van der Waals surface area contributed by atoms with E-state index in [4.69, 9.17) is 0 Å². The Kier molecular flexibility index (Phi) is 3.26. The van der Waals surface area contributed by atoms with Gasteiger partial charge in [0.25, 0.3) is 11.6 Å². The summed E-state index contributed by atoms with van der Waals surface area (Å²) in [6.45, 7) is 1.69. The molecule has 1 N–H and O–H groups in total. The summed E-state index contributed by atoms with van der Waals surface area (Å²) >= 11 is 0. The fraction of sp³-hybridized carbons (Fsp3) is 0.0714. The largest absolute Gasteiger partial charge is 0.322 e. The Bertz CT molecular complexity index is 887. The molecule has 3 aromatic rings. The zero-order valence-electron chi connectivity index (χ0n) is 11.6. The predicted molar refractivity (Wildman–Crippen MR) is 78.8 cm³/mol. The molecule has 2 aromatic heterocycles. The van der Waals surface area contributed by atoms with Gasteiger partial charge in [-0.3, -0.25) is 14.9 Å². The van der Waals surface area contributed by atoms with Crippen LogP contribution in [0.5, 0.6) is 0 Å². The highest BCUT2D eigenvalue weighted by Crippen LogP contribution is 2.22. The molecule has 0 saturated carbocycles. The summed E-state index contributed by atoms with van der Waals surface area (Å²) in [6.07, 6.45) is 4.69. The SMILES string of the molecule is Cc1cc([N+](=O)[O-])ccc1NC(=O)c1cnn2cccnc12. The van der Waals surface area contributed by atoms with Crippen LogP contribution in [-0.4, -0.2) is 25.4 Å². The second-order valence-corrected chi connectivity index (χ2v) is 4.66. The van der Waals surface area contributed by atoms with Crippen LogP contribution in [0.1, 0.15) is 15.9 Å². The molecule has 1 aromatic carbocycles. The number of carbonyl (C=O) groups is 1. The summed E-state index contributed by atoms with van der Waals surface area (Å²) in [5.41, 5.74) is 1.86. The number of anilines is 1. The average Bonchev–Trinajstić information content (AvgIpc) is 2.93. The van der Waals surface area contributed by atoms with Crippen LogP contribution in [-0.2, 0) is 0 Å². The van der Waals surface area contributed by atoms with E-state index in [0.29, 0.717) is 22.5 Å². The van der Waals surface area contributed by atoms with Crippen LogP contribution in [0, 0.1) is 17.0 Å². The first-order chi connectivity index (χ1) is 10.6. The van der Waals surface area contributed by atoms with Gasteiger partial charge in [-0.15, -0.1) is 0 Å². The van der Waals surface area contributed by atoms with Crippen LogP contribution in [0.2, 0.25) is 0 Å². The highest BCUT2D eigenvalue weighted by molar-refractivity contribution is 6.08. The lowest BCUT2D eigenvalue weighted by Gasteiger charge is -2.07. The van der Waals surface area contributed by atoms with Gasteiger partial charge in [0.2, 0.25) is 0 Å². The zero-order valence-corrected chi connectivity index (χ0v) is 11.6. The minimum Gasteiger partial charge on any atom is -0.322 e. The van der Waals surface area contributed by atoms with Gasteiger partial charge < -0.3 is 5.32 Å². The van der Waals surface area contributed by atoms with Gasteiger partial charge in [0.05, 0.1) is 11.1 Å². The van der Waals surface area contributed by atoms with Crippen molar-refractivity contribution in [2.75, 3.05) is 5.32 Å². The number of nitro groups is 1. The lowest BCUT2D eigenvalue weighted by molar-refractivity contribution is -0.384. The Morgan fingerprint density at radius 3 is 2.95 bits per heavy atom. The van der Waals surface area contributed by atoms with Crippen LogP contribution >= 0.6 is 0 Å². The third-order valence-electron chi connectivity index (χ3n) is 3.19. The molecule has 0 aliphatic heterocycles. The number of carbonyl (C=O) groups excluding carboxylic acids is 1. The Morgan fingerprint density at radius 2 is 2.23 bits per heavy atom. The summed E-state index contributed by atoms with van der Waals surface area (Å²) in [5, 5.41) is 17.5. The van der Waals surface area contributed by atoms with Crippen molar-refractivity contribution in [3.05, 3.63) is 64.1 Å². The van der Waals surface area contributed by atoms with Crippen LogP contribution in [0.25, 0.3) is 5.65 Å². The van der Waals surface area contributed by atoms with E-state index in [2.05, 4.69) is 15.4 Å². The fourth-order valence-corrected chi connectivity index (χ4v) is 2.08. The third-order valence-corrected chi connectivity index (χ3v) is 3.19. The average molecular weight is 297 g/mol. The Labute approximate surface area is 124 Å². The molecular weight excluding hydrogens is 286 g/mol. The normalized spacial score (nSPS) is 10.6. The van der Waals surface area contributed by atoms with E-state index in [1.54, 1.807) is 25.4 Å². The van der Waals surface area contributed by atoms with Gasteiger partial charge in [0, 0.05) is 30.2 Å². The molecule has 2 heterocycles. The first-order valence-corrected chi connectivity index (χ1v) is 6.41. The first-order valence-electron chi connectivity index (χ1n) is 6.41. The van der Waals surface area contributed by atoms with E-state index in [9.17, 15) is 14.9 Å². The summed E-state index contributed by atoms with van der Waals surface area (Å²) in [7, 11) is 0. The molecule has 0 unspecified atom stereocenters. The fourth-order valence-electron chi connectivity index (χ4n) is 2.08. The van der Waals surface area contributed by atoms with E-state index < -0.39 is 4.92 Å². The van der Waals surface area contributed by atoms with E-state index >= 15 is 0 Å². The number of non-ortho nitro benzene ring substituents is 1. The number of nitro benzene ring substituents is 1. The van der Waals surface area contributed by atoms with E-state index in [-0.39, 0.29) is 11.6 Å². The molecular formula is C14H11N5O3. The van der Waals surface area contributed by atoms with Gasteiger partial charge in [-0.25, -0.2) is 9.50 Å². The van der Waals surface area contributed by atoms with E-state index in [1.807, 2.05) is 0 Å². The summed E-state index contributed by atoms with van der Waals surface area (Å²) < 4.78 is 1.50. The molecule has 3 rings (SSSR count). The molecule has 0 spiro atoms. The third kappa shape index (κ3) is 2.37. The molecule has 0 radical (unpaired) electrons. The maximum atomic E-state index is 12.3. The lowest BCUT2D eigenvalue weighted by Crippen LogP contribution is -2.13. The monoisotopic (exact) mass is 297 g/mol. The number of aromatic nitrogens is 3. The van der Waals surface area contributed by atoms with Crippen molar-refractivity contribution in [3.63, 3.8) is 0 Å². The van der Waals surface area contributed by atoms with Gasteiger partial charge in [0.15, 0.2) is 5.65 Å². The predicted octanol–water partition coefficient (Wildman–Crippen LogP) is 2.20. The number of hydrogen-bond acceptors (Lipinski definition) is 5. The minimum atomic E-state index is -0.478. The van der Waals surface area contributed by atoms with Crippen LogP contribution < -0.4 is 5.32 Å². The second kappa shape index (κ2) is 5.24. The number of rotatable bonds is 3. The van der Waals surface area contributed by atoms with Crippen molar-refractivity contribution in [3.8, 4) is 0 Å². The summed E-state index contributed by atoms with van der Waals surface area (Å²) in [6, 6.07) is 5.97. The molecule has 22 heavy (non-hydrogen) atoms. The van der Waals surface area contributed by atoms with Gasteiger partial charge in [-0.2, -0.15) is 5.10 Å². The first kappa shape index (κ1) is 13.7. The van der Waals surface area contributed by atoms with Crippen molar-refractivity contribution < 1.29 is 9.72 Å². The van der Waals surface area contributed by atoms with Crippen molar-refractivity contribution in [1.82, 2.24) is 14.6 Å². The molecule has 0 aliphatic carbocycles. The molecule has 0 atom stereocenters. The number of nitrogens with one attached hydrogen (secondary N) is 1. The smallest absolute Gasteiger partial charge is 0.269 e. The van der Waals surface area contributed by atoms with E-state index in [0.717, 1.165) is 0 Å². The number of hydrogen-bond donors (Lipinski definition) is 1. The van der Waals surface area contributed by atoms with Crippen LogP contribution in [0.15, 0.2) is 42.9 Å². The summed E-state index contributed by atoms with van der Waals surface area (Å²) in [5.74, 6) is -0.370. The maximum absolute atomic E-state index is 12.3. The van der Waals surface area contributed by atoms with Crippen LogP contribution in [0.4, 0.5) is 11.4 Å². The molecule has 0 aliphatic rings. The lowest BCUT2D eigenvalue weighted by atomic mass is 10.1.